The second-order valence-electron chi connectivity index (χ2n) is 5.27. The molecule has 1 aromatic rings. The van der Waals surface area contributed by atoms with E-state index in [0.29, 0.717) is 13.0 Å². The van der Waals surface area contributed by atoms with Gasteiger partial charge >= 0.3 is 5.97 Å². The first-order chi connectivity index (χ1) is 9.74. The van der Waals surface area contributed by atoms with Gasteiger partial charge in [0.1, 0.15) is 5.02 Å². The zero-order valence-electron chi connectivity index (χ0n) is 11.2. The van der Waals surface area contributed by atoms with E-state index in [1.807, 2.05) is 0 Å². The molecule has 0 saturated carbocycles. The number of nitro groups is 1. The van der Waals surface area contributed by atoms with Crippen LogP contribution >= 0.6 is 11.6 Å². The van der Waals surface area contributed by atoms with Crippen molar-refractivity contribution in [3.8, 4) is 0 Å². The number of carbonyl (C=O) groups is 2. The van der Waals surface area contributed by atoms with Crippen LogP contribution in [0.15, 0.2) is 18.2 Å². The molecule has 0 aromatic heterocycles. The topological polar surface area (TPSA) is 101 Å². The fourth-order valence-corrected chi connectivity index (χ4v) is 2.46. The molecule has 0 radical (unpaired) electrons. The van der Waals surface area contributed by atoms with E-state index in [1.54, 1.807) is 6.92 Å². The first kappa shape index (κ1) is 15.2. The van der Waals surface area contributed by atoms with E-state index >= 15 is 0 Å². The van der Waals surface area contributed by atoms with Gasteiger partial charge < -0.3 is 10.0 Å². The number of carbonyl (C=O) groups excluding carboxylic acids is 1. The fraction of sp³-hybridized carbons (Fsp3) is 0.385. The van der Waals surface area contributed by atoms with Crippen molar-refractivity contribution in [2.24, 2.45) is 5.41 Å². The minimum absolute atomic E-state index is 0.0478. The smallest absolute Gasteiger partial charge is 0.311 e. The zero-order chi connectivity index (χ0) is 15.8. The second kappa shape index (κ2) is 5.33. The highest BCUT2D eigenvalue weighted by atomic mass is 35.5. The van der Waals surface area contributed by atoms with E-state index in [1.165, 1.54) is 17.0 Å². The number of amides is 1. The number of aliphatic carboxylic acids is 1. The number of nitro benzene ring substituents is 1. The van der Waals surface area contributed by atoms with Gasteiger partial charge in [-0.3, -0.25) is 19.7 Å². The number of halogens is 1. The highest BCUT2D eigenvalue weighted by molar-refractivity contribution is 6.32. The molecule has 2 rings (SSSR count). The van der Waals surface area contributed by atoms with Gasteiger partial charge in [-0.2, -0.15) is 0 Å². The van der Waals surface area contributed by atoms with Crippen LogP contribution in [-0.2, 0) is 4.79 Å². The molecule has 1 N–H and O–H groups in total. The van der Waals surface area contributed by atoms with Crippen LogP contribution in [0.1, 0.15) is 23.7 Å². The molecule has 1 aliphatic rings. The Hall–Kier alpha value is -2.15. The Kier molecular flexibility index (Phi) is 3.87. The summed E-state index contributed by atoms with van der Waals surface area (Å²) in [7, 11) is 0. The van der Waals surface area contributed by atoms with Gasteiger partial charge in [-0.25, -0.2) is 0 Å². The fourth-order valence-electron chi connectivity index (χ4n) is 2.28. The third kappa shape index (κ3) is 2.82. The minimum atomic E-state index is -0.978. The molecule has 1 heterocycles. The Bertz CT molecular complexity index is 633. The molecule has 8 heteroatoms. The molecule has 7 nitrogen and oxygen atoms in total. The van der Waals surface area contributed by atoms with Crippen molar-refractivity contribution in [1.29, 1.82) is 0 Å². The summed E-state index contributed by atoms with van der Waals surface area (Å²) in [4.78, 5) is 35.0. The van der Waals surface area contributed by atoms with Gasteiger partial charge in [-0.05, 0) is 25.5 Å². The van der Waals surface area contributed by atoms with E-state index in [9.17, 15) is 19.7 Å². The largest absolute Gasteiger partial charge is 0.481 e. The first-order valence-corrected chi connectivity index (χ1v) is 6.59. The predicted molar refractivity (Wildman–Crippen MR) is 74.4 cm³/mol. The molecule has 1 unspecified atom stereocenters. The lowest BCUT2D eigenvalue weighted by Gasteiger charge is -2.20. The molecule has 1 aromatic carbocycles. The number of carboxylic acids is 1. The molecule has 1 saturated heterocycles. The van der Waals surface area contributed by atoms with E-state index < -0.39 is 22.2 Å². The summed E-state index contributed by atoms with van der Waals surface area (Å²) in [5, 5.41) is 19.9. The van der Waals surface area contributed by atoms with Crippen LogP contribution in [0, 0.1) is 15.5 Å². The quantitative estimate of drug-likeness (QED) is 0.681. The lowest BCUT2D eigenvalue weighted by Crippen LogP contribution is -2.34. The second-order valence-corrected chi connectivity index (χ2v) is 5.67. The molecule has 1 fully saturated rings. The molecule has 1 atom stereocenters. The molecule has 1 amide bonds. The molecule has 0 bridgehead atoms. The Morgan fingerprint density at radius 3 is 2.67 bits per heavy atom. The van der Waals surface area contributed by atoms with Crippen molar-refractivity contribution in [2.75, 3.05) is 13.1 Å². The van der Waals surface area contributed by atoms with Gasteiger partial charge in [0, 0.05) is 24.7 Å². The van der Waals surface area contributed by atoms with Crippen molar-refractivity contribution in [2.45, 2.75) is 13.3 Å². The van der Waals surface area contributed by atoms with Gasteiger partial charge in [-0.1, -0.05) is 11.6 Å². The Balaban J connectivity index is 2.24. The number of benzene rings is 1. The lowest BCUT2D eigenvalue weighted by molar-refractivity contribution is -0.384. The molecule has 0 aliphatic carbocycles. The summed E-state index contributed by atoms with van der Waals surface area (Å²) in [5.41, 5.74) is -1.20. The zero-order valence-corrected chi connectivity index (χ0v) is 12.0. The number of likely N-dealkylation sites (tertiary alicyclic amines) is 1. The average Bonchev–Trinajstić information content (AvgIpc) is 2.82. The minimum Gasteiger partial charge on any atom is -0.481 e. The van der Waals surface area contributed by atoms with Gasteiger partial charge in [0.05, 0.1) is 10.3 Å². The third-order valence-corrected chi connectivity index (χ3v) is 3.99. The Labute approximate surface area is 125 Å². The Morgan fingerprint density at radius 2 is 2.14 bits per heavy atom. The maximum absolute atomic E-state index is 12.3. The Morgan fingerprint density at radius 1 is 1.48 bits per heavy atom. The van der Waals surface area contributed by atoms with Crippen molar-refractivity contribution >= 4 is 29.2 Å². The molecule has 21 heavy (non-hydrogen) atoms. The van der Waals surface area contributed by atoms with Crippen LogP contribution in [-0.4, -0.2) is 39.9 Å². The number of hydrogen-bond acceptors (Lipinski definition) is 4. The number of carboxylic acid groups (broad SMARTS) is 1. The van der Waals surface area contributed by atoms with Crippen LogP contribution in [0.25, 0.3) is 0 Å². The lowest BCUT2D eigenvalue weighted by atomic mass is 9.90. The maximum atomic E-state index is 12.3. The molecular formula is C13H13ClN2O5. The van der Waals surface area contributed by atoms with Gasteiger partial charge in [0.15, 0.2) is 0 Å². The van der Waals surface area contributed by atoms with Crippen molar-refractivity contribution in [1.82, 2.24) is 4.90 Å². The summed E-state index contributed by atoms with van der Waals surface area (Å²) in [5.74, 6) is -1.39. The number of hydrogen-bond donors (Lipinski definition) is 1. The summed E-state index contributed by atoms with van der Waals surface area (Å²) < 4.78 is 0. The van der Waals surface area contributed by atoms with Crippen molar-refractivity contribution < 1.29 is 19.6 Å². The highest BCUT2D eigenvalue weighted by Gasteiger charge is 2.42. The van der Waals surface area contributed by atoms with Crippen molar-refractivity contribution in [3.63, 3.8) is 0 Å². The standard InChI is InChI=1S/C13H13ClN2O5/c1-13(12(18)19)4-5-15(7-13)11(17)8-2-3-9(14)10(6-8)16(20)21/h2-3,6H,4-5,7H2,1H3,(H,18,19). The SMILES string of the molecule is CC1(C(=O)O)CCN(C(=O)c2ccc(Cl)c([N+](=O)[O-])c2)C1. The van der Waals surface area contributed by atoms with Crippen LogP contribution in [0.2, 0.25) is 5.02 Å². The highest BCUT2D eigenvalue weighted by Crippen LogP contribution is 2.32. The van der Waals surface area contributed by atoms with Gasteiger partial charge in [-0.15, -0.1) is 0 Å². The molecular weight excluding hydrogens is 300 g/mol. The predicted octanol–water partition coefficient (Wildman–Crippen LogP) is 2.19. The average molecular weight is 313 g/mol. The van der Waals surface area contributed by atoms with Crippen LogP contribution in [0.5, 0.6) is 0 Å². The van der Waals surface area contributed by atoms with E-state index in [4.69, 9.17) is 16.7 Å². The van der Waals surface area contributed by atoms with Gasteiger partial charge in [0.25, 0.3) is 11.6 Å². The number of rotatable bonds is 3. The molecule has 112 valence electrons. The third-order valence-electron chi connectivity index (χ3n) is 3.67. The maximum Gasteiger partial charge on any atom is 0.311 e. The summed E-state index contributed by atoms with van der Waals surface area (Å²) in [6.45, 7) is 1.96. The van der Waals surface area contributed by atoms with Crippen LogP contribution in [0.3, 0.4) is 0 Å². The first-order valence-electron chi connectivity index (χ1n) is 6.21. The number of nitrogens with zero attached hydrogens (tertiary/aromatic N) is 2. The van der Waals surface area contributed by atoms with E-state index in [-0.39, 0.29) is 22.8 Å². The van der Waals surface area contributed by atoms with Crippen LogP contribution in [0.4, 0.5) is 5.69 Å². The van der Waals surface area contributed by atoms with Gasteiger partial charge in [0.2, 0.25) is 0 Å². The monoisotopic (exact) mass is 312 g/mol. The summed E-state index contributed by atoms with van der Waals surface area (Å²) >= 11 is 5.70. The normalized spacial score (nSPS) is 21.3. The summed E-state index contributed by atoms with van der Waals surface area (Å²) in [6, 6.07) is 3.80. The van der Waals surface area contributed by atoms with Crippen LogP contribution < -0.4 is 0 Å². The molecule has 0 spiro atoms. The van der Waals surface area contributed by atoms with Crippen molar-refractivity contribution in [3.05, 3.63) is 38.9 Å². The van der Waals surface area contributed by atoms with E-state index in [0.717, 1.165) is 6.07 Å². The van der Waals surface area contributed by atoms with E-state index in [2.05, 4.69) is 0 Å². The molecule has 1 aliphatic heterocycles. The summed E-state index contributed by atoms with van der Waals surface area (Å²) in [6.07, 6.45) is 0.351.